The van der Waals surface area contributed by atoms with Gasteiger partial charge in [-0.25, -0.2) is 9.78 Å². The maximum Gasteiger partial charge on any atom is 0.337 e. The SMILES string of the molecule is CC(C)Oc1nc(-c2cnn(C)c2)cc(C(=O)O)c1Cl. The molecule has 6 nitrogen and oxygen atoms in total. The number of hydrogen-bond donors (Lipinski definition) is 1. The molecule has 2 heterocycles. The van der Waals surface area contributed by atoms with Gasteiger partial charge in [0.2, 0.25) is 5.88 Å². The van der Waals surface area contributed by atoms with Crippen LogP contribution in [0.1, 0.15) is 24.2 Å². The fourth-order valence-corrected chi connectivity index (χ4v) is 1.89. The van der Waals surface area contributed by atoms with E-state index in [0.717, 1.165) is 0 Å². The Morgan fingerprint density at radius 3 is 2.70 bits per heavy atom. The number of pyridine rings is 1. The predicted octanol–water partition coefficient (Wildman–Crippen LogP) is 2.62. The first-order valence-electron chi connectivity index (χ1n) is 5.98. The van der Waals surface area contributed by atoms with Crippen LogP contribution in [0.5, 0.6) is 5.88 Å². The van der Waals surface area contributed by atoms with Gasteiger partial charge in [-0.05, 0) is 19.9 Å². The molecule has 0 atom stereocenters. The van der Waals surface area contributed by atoms with E-state index in [1.54, 1.807) is 24.1 Å². The number of halogens is 1. The van der Waals surface area contributed by atoms with Gasteiger partial charge in [0.05, 0.1) is 23.6 Å². The third-order valence-electron chi connectivity index (χ3n) is 2.51. The Balaban J connectivity index is 2.58. The molecule has 0 aliphatic carbocycles. The largest absolute Gasteiger partial charge is 0.478 e. The highest BCUT2D eigenvalue weighted by Crippen LogP contribution is 2.31. The molecule has 0 saturated heterocycles. The number of aromatic nitrogens is 3. The van der Waals surface area contributed by atoms with Crippen molar-refractivity contribution < 1.29 is 14.6 Å². The summed E-state index contributed by atoms with van der Waals surface area (Å²) in [7, 11) is 1.77. The third kappa shape index (κ3) is 2.91. The molecule has 0 amide bonds. The van der Waals surface area contributed by atoms with Gasteiger partial charge in [0.1, 0.15) is 5.02 Å². The van der Waals surface area contributed by atoms with Crippen LogP contribution >= 0.6 is 11.6 Å². The van der Waals surface area contributed by atoms with E-state index in [0.29, 0.717) is 11.3 Å². The van der Waals surface area contributed by atoms with Crippen molar-refractivity contribution in [1.82, 2.24) is 14.8 Å². The average Bonchev–Trinajstić information content (AvgIpc) is 2.77. The summed E-state index contributed by atoms with van der Waals surface area (Å²) < 4.78 is 7.08. The van der Waals surface area contributed by atoms with E-state index in [2.05, 4.69) is 10.1 Å². The van der Waals surface area contributed by atoms with E-state index in [9.17, 15) is 9.90 Å². The Bertz CT molecular complexity index is 652. The summed E-state index contributed by atoms with van der Waals surface area (Å²) in [5, 5.41) is 13.2. The van der Waals surface area contributed by atoms with E-state index < -0.39 is 5.97 Å². The molecule has 20 heavy (non-hydrogen) atoms. The molecular formula is C13H14ClN3O3. The zero-order valence-electron chi connectivity index (χ0n) is 11.3. The van der Waals surface area contributed by atoms with E-state index in [1.807, 2.05) is 13.8 Å². The van der Waals surface area contributed by atoms with Crippen LogP contribution < -0.4 is 4.74 Å². The van der Waals surface area contributed by atoms with Crippen molar-refractivity contribution >= 4 is 17.6 Å². The van der Waals surface area contributed by atoms with Crippen LogP contribution in [0.3, 0.4) is 0 Å². The maximum atomic E-state index is 11.3. The molecular weight excluding hydrogens is 282 g/mol. The first-order chi connectivity index (χ1) is 9.38. The minimum absolute atomic E-state index is 0.00107. The Morgan fingerprint density at radius 1 is 1.50 bits per heavy atom. The Kier molecular flexibility index (Phi) is 3.94. The second-order valence-corrected chi connectivity index (χ2v) is 4.93. The van der Waals surface area contributed by atoms with Crippen molar-refractivity contribution in [3.63, 3.8) is 0 Å². The van der Waals surface area contributed by atoms with Gasteiger partial charge in [0.25, 0.3) is 0 Å². The number of aromatic carboxylic acids is 1. The van der Waals surface area contributed by atoms with Crippen molar-refractivity contribution in [1.29, 1.82) is 0 Å². The number of ether oxygens (including phenoxy) is 1. The van der Waals surface area contributed by atoms with Gasteiger partial charge < -0.3 is 9.84 Å². The van der Waals surface area contributed by atoms with E-state index in [4.69, 9.17) is 16.3 Å². The highest BCUT2D eigenvalue weighted by molar-refractivity contribution is 6.34. The van der Waals surface area contributed by atoms with Gasteiger partial charge in [0, 0.05) is 18.8 Å². The zero-order chi connectivity index (χ0) is 14.9. The van der Waals surface area contributed by atoms with Crippen LogP contribution in [0, 0.1) is 0 Å². The lowest BCUT2D eigenvalue weighted by atomic mass is 10.1. The monoisotopic (exact) mass is 295 g/mol. The molecule has 0 aliphatic rings. The summed E-state index contributed by atoms with van der Waals surface area (Å²) >= 11 is 6.02. The molecule has 0 aliphatic heterocycles. The summed E-state index contributed by atoms with van der Waals surface area (Å²) in [4.78, 5) is 15.5. The van der Waals surface area contributed by atoms with Crippen molar-refractivity contribution in [2.24, 2.45) is 7.05 Å². The summed E-state index contributed by atoms with van der Waals surface area (Å²) in [6.07, 6.45) is 3.17. The molecule has 2 aromatic rings. The van der Waals surface area contributed by atoms with E-state index in [1.165, 1.54) is 6.07 Å². The van der Waals surface area contributed by atoms with E-state index in [-0.39, 0.29) is 22.6 Å². The van der Waals surface area contributed by atoms with Crippen LogP contribution in [-0.4, -0.2) is 31.9 Å². The van der Waals surface area contributed by atoms with Gasteiger partial charge >= 0.3 is 5.97 Å². The summed E-state index contributed by atoms with van der Waals surface area (Å²) in [5.74, 6) is -1.02. The number of carboxylic acid groups (broad SMARTS) is 1. The van der Waals surface area contributed by atoms with Crippen molar-refractivity contribution in [2.75, 3.05) is 0 Å². The lowest BCUT2D eigenvalue weighted by Gasteiger charge is -2.13. The van der Waals surface area contributed by atoms with Gasteiger partial charge in [-0.1, -0.05) is 11.6 Å². The third-order valence-corrected chi connectivity index (χ3v) is 2.87. The lowest BCUT2D eigenvalue weighted by Crippen LogP contribution is -2.10. The predicted molar refractivity (Wildman–Crippen MR) is 74.2 cm³/mol. The van der Waals surface area contributed by atoms with Gasteiger partial charge in [-0.3, -0.25) is 4.68 Å². The van der Waals surface area contributed by atoms with Crippen LogP contribution in [-0.2, 0) is 7.05 Å². The number of hydrogen-bond acceptors (Lipinski definition) is 4. The molecule has 0 fully saturated rings. The first-order valence-corrected chi connectivity index (χ1v) is 6.35. The smallest absolute Gasteiger partial charge is 0.337 e. The lowest BCUT2D eigenvalue weighted by molar-refractivity contribution is 0.0696. The minimum atomic E-state index is -1.13. The number of carboxylic acids is 1. The molecule has 1 N–H and O–H groups in total. The Hall–Kier alpha value is -2.08. The molecule has 7 heteroatoms. The number of rotatable bonds is 4. The molecule has 0 spiro atoms. The first kappa shape index (κ1) is 14.3. The van der Waals surface area contributed by atoms with Crippen molar-refractivity contribution in [3.8, 4) is 17.1 Å². The fourth-order valence-electron chi connectivity index (χ4n) is 1.66. The molecule has 106 valence electrons. The van der Waals surface area contributed by atoms with Crippen LogP contribution in [0.25, 0.3) is 11.3 Å². The van der Waals surface area contributed by atoms with Crippen LogP contribution in [0.15, 0.2) is 18.5 Å². The minimum Gasteiger partial charge on any atom is -0.478 e. The summed E-state index contributed by atoms with van der Waals surface area (Å²) in [5.41, 5.74) is 1.10. The van der Waals surface area contributed by atoms with Crippen molar-refractivity contribution in [3.05, 3.63) is 29.0 Å². The summed E-state index contributed by atoms with van der Waals surface area (Å²) in [6.45, 7) is 3.63. The second-order valence-electron chi connectivity index (χ2n) is 4.55. The normalized spacial score (nSPS) is 10.8. The highest BCUT2D eigenvalue weighted by atomic mass is 35.5. The average molecular weight is 296 g/mol. The molecule has 2 rings (SSSR count). The Labute approximate surface area is 121 Å². The molecule has 0 radical (unpaired) electrons. The zero-order valence-corrected chi connectivity index (χ0v) is 12.0. The summed E-state index contributed by atoms with van der Waals surface area (Å²) in [6, 6.07) is 1.41. The van der Waals surface area contributed by atoms with Crippen LogP contribution in [0.4, 0.5) is 0 Å². The van der Waals surface area contributed by atoms with Crippen molar-refractivity contribution in [2.45, 2.75) is 20.0 Å². The van der Waals surface area contributed by atoms with E-state index >= 15 is 0 Å². The highest BCUT2D eigenvalue weighted by Gasteiger charge is 2.19. The number of carbonyl (C=O) groups is 1. The topological polar surface area (TPSA) is 77.2 Å². The molecule has 0 bridgehead atoms. The molecule has 0 unspecified atom stereocenters. The second kappa shape index (κ2) is 5.50. The van der Waals surface area contributed by atoms with Gasteiger partial charge in [0.15, 0.2) is 0 Å². The Morgan fingerprint density at radius 2 is 2.20 bits per heavy atom. The maximum absolute atomic E-state index is 11.3. The number of nitrogens with zero attached hydrogens (tertiary/aromatic N) is 3. The van der Waals surface area contributed by atoms with Crippen LogP contribution in [0.2, 0.25) is 5.02 Å². The molecule has 2 aromatic heterocycles. The quantitative estimate of drug-likeness (QED) is 0.938. The molecule has 0 aromatic carbocycles. The standard InChI is InChI=1S/C13H14ClN3O3/c1-7(2)20-12-11(14)9(13(18)19)4-10(16-12)8-5-15-17(3)6-8/h4-7H,1-3H3,(H,18,19). The fraction of sp³-hybridized carbons (Fsp3) is 0.308. The van der Waals surface area contributed by atoms with Gasteiger partial charge in [-0.15, -0.1) is 0 Å². The molecule has 0 saturated carbocycles. The van der Waals surface area contributed by atoms with Gasteiger partial charge in [-0.2, -0.15) is 5.10 Å². The number of aryl methyl sites for hydroxylation is 1.